The molecule has 0 radical (unpaired) electrons. The van der Waals surface area contributed by atoms with Crippen molar-refractivity contribution < 1.29 is 211 Å². The normalized spacial score (nSPS) is 10.7. The molecule has 7 N–H and O–H groups in total. The van der Waals surface area contributed by atoms with Crippen molar-refractivity contribution in [3.63, 3.8) is 0 Å². The van der Waals surface area contributed by atoms with Crippen LogP contribution in [0.2, 0.25) is 19.6 Å². The fraction of sp³-hybridized carbons (Fsp3) is 0.351. The Bertz CT molecular complexity index is 5790. The first kappa shape index (κ1) is 153. The average Bonchev–Trinajstić information content (AvgIpc) is 0.759. The summed E-state index contributed by atoms with van der Waals surface area (Å²) in [5.41, 5.74) is 7.23. The van der Waals surface area contributed by atoms with E-state index < -0.39 is 194 Å². The van der Waals surface area contributed by atoms with E-state index in [2.05, 4.69) is 67.6 Å². The van der Waals surface area contributed by atoms with Crippen molar-refractivity contribution in [2.75, 3.05) is 47.3 Å². The summed E-state index contributed by atoms with van der Waals surface area (Å²) in [6.45, 7) is 41.4. The number of phenolic OH excluding ortho intramolecular Hbond substituents is 7. The second-order valence-corrected chi connectivity index (χ2v) is 64.0. The fourth-order valence-corrected chi connectivity index (χ4v) is 13.9. The first-order valence-electron chi connectivity index (χ1n) is 43.3. The molecule has 148 heavy (non-hydrogen) atoms. The van der Waals surface area contributed by atoms with Gasteiger partial charge in [0, 0.05) is 236 Å². The van der Waals surface area contributed by atoms with Gasteiger partial charge in [-0.15, -0.1) is 0 Å². The molecule has 54 heteroatoms. The van der Waals surface area contributed by atoms with Crippen LogP contribution in [0.25, 0.3) is 0 Å². The maximum atomic E-state index is 11.2. The van der Waals surface area contributed by atoms with Crippen molar-refractivity contribution in [3.05, 3.63) is 295 Å². The quantitative estimate of drug-likeness (QED) is 0.0115. The summed E-state index contributed by atoms with van der Waals surface area (Å²) in [6.07, 6.45) is 11.9. The molecule has 0 fully saturated rings. The van der Waals surface area contributed by atoms with Gasteiger partial charge in [0.15, 0.2) is 0 Å². The summed E-state index contributed by atoms with van der Waals surface area (Å²) >= 11 is -5.78. The van der Waals surface area contributed by atoms with E-state index in [1.54, 1.807) is 34.2 Å². The van der Waals surface area contributed by atoms with Crippen LogP contribution in [-0.2, 0) is 168 Å². The Kier molecular flexibility index (Phi) is 86.9. The molecule has 9 aromatic carbocycles. The minimum absolute atomic E-state index is 0.0186. The Morgan fingerprint density at radius 2 is 0.493 bits per heavy atom. The standard InChI is InChI=1S/C18H20N2O3.C17H18N2O3.C14H20N2O3.C13H18N2O3.C13H21NOSi.C10H12N2O3.C9H10N2O3.14ClH.7Zr/c1-4-19-12-13-10-15(20(22)23)11-16(17(13)21)18(2,3)14-8-6-5-7-9-14;1-17(2,13-7-5-4-6-8-13)15-10-14(19(21)22)9-12(11-18-3)16(15)20;1-5-14(3,4)12-8-11(16(18)19)7-10(13(12)17)9-15-6-2;1-5-13(2,3)11-7-10(15(17)18)6-9(8-14-4)12(11)16;1-6-14-9-11-7-10(2)8-12(13(11)15)16(3,4)5;1-3-11-6-8-5-9(12(14)15)4-7(2)10(8)13;1-6-3-8(11(13)14)4-7(5-10-2)9(6)12;;;;;;;;;;;;;;;;;;;;;/h5-12,21H,4H2,1-3H3;4-11,20H,1-3H3;7-9,17H,5-6H2,1-4H3;6-8,16H,5H2,1-4H3;7-9,15H,6H2,1-5H3;4-6,13H,3H2,1-2H3;3-5,12H,1-2H3;14*1H;;;;;;;/q;;;;;;;;;;;;;;;;;;;;;7*+2/p-14. The van der Waals surface area contributed by atoms with Gasteiger partial charge in [-0.3, -0.25) is 95.6 Å². The van der Waals surface area contributed by atoms with Crippen LogP contribution < -0.4 is 5.19 Å². The van der Waals surface area contributed by atoms with Crippen LogP contribution in [0.4, 0.5) is 34.1 Å². The molecule has 0 aliphatic heterocycles. The van der Waals surface area contributed by atoms with E-state index in [0.29, 0.717) is 92.1 Å². The van der Waals surface area contributed by atoms with Crippen LogP contribution >= 0.6 is 119 Å². The van der Waals surface area contributed by atoms with Gasteiger partial charge < -0.3 is 35.7 Å². The van der Waals surface area contributed by atoms with Crippen molar-refractivity contribution in [2.24, 2.45) is 34.9 Å². The molecule has 0 unspecified atom stereocenters. The molecule has 0 aromatic heterocycles. The van der Waals surface area contributed by atoms with Crippen LogP contribution in [0.15, 0.2) is 181 Å². The van der Waals surface area contributed by atoms with E-state index in [-0.39, 0.29) is 79.5 Å². The third-order valence-electron chi connectivity index (χ3n) is 20.5. The molecule has 0 spiro atoms. The third kappa shape index (κ3) is 57.9. The predicted molar refractivity (Wildman–Crippen MR) is 593 cm³/mol. The molecule has 0 amide bonds. The van der Waals surface area contributed by atoms with Gasteiger partial charge in [-0.05, 0) is 106 Å². The molecule has 0 aliphatic carbocycles. The number of benzene rings is 9. The topological polar surface area (TPSA) is 487 Å². The summed E-state index contributed by atoms with van der Waals surface area (Å²) < 4.78 is 0. The number of nitrogens with zero attached hydrogens (tertiary/aromatic N) is 13. The third-order valence-corrected chi connectivity index (χ3v) is 22.5. The van der Waals surface area contributed by atoms with E-state index >= 15 is 0 Å². The van der Waals surface area contributed by atoms with E-state index in [0.717, 1.165) is 41.3 Å². The predicted octanol–water partition coefficient (Wildman–Crippen LogP) is 30.2. The van der Waals surface area contributed by atoms with Crippen LogP contribution in [0.1, 0.15) is 199 Å². The number of hydrogen-bond donors (Lipinski definition) is 7. The zero-order valence-corrected chi connectivity index (χ0v) is 114. The summed E-state index contributed by atoms with van der Waals surface area (Å²) in [4.78, 5) is 90.2. The van der Waals surface area contributed by atoms with Gasteiger partial charge in [0.2, 0.25) is 0 Å². The number of aryl methyl sites for hydroxylation is 3. The molecule has 9 aromatic rings. The van der Waals surface area contributed by atoms with Gasteiger partial charge in [0.1, 0.15) is 40.2 Å². The molecular formula is C94H119Cl14N13O19SiZr7. The number of rotatable bonds is 26. The molecule has 0 bridgehead atoms. The van der Waals surface area contributed by atoms with Gasteiger partial charge >= 0.3 is 265 Å². The summed E-state index contributed by atoms with van der Waals surface area (Å²) in [6, 6.07) is 39.6. The monoisotopic (exact) mass is 2880 g/mol. The fourth-order valence-electron chi connectivity index (χ4n) is 12.4. The molecule has 0 saturated heterocycles. The van der Waals surface area contributed by atoms with Crippen molar-refractivity contribution in [1.82, 2.24) is 0 Å². The van der Waals surface area contributed by atoms with E-state index in [1.165, 1.54) is 123 Å². The van der Waals surface area contributed by atoms with Gasteiger partial charge in [0.05, 0.1) is 37.6 Å². The number of aromatic hydroxyl groups is 7. The zero-order valence-electron chi connectivity index (χ0n) is 85.3. The number of hydrogen-bond acceptors (Lipinski definition) is 26. The second-order valence-electron chi connectivity index (χ2n) is 32.8. The van der Waals surface area contributed by atoms with Crippen LogP contribution in [0, 0.1) is 81.5 Å². The number of phenols is 7. The van der Waals surface area contributed by atoms with Crippen molar-refractivity contribution in [2.45, 2.75) is 172 Å². The van der Waals surface area contributed by atoms with Crippen molar-refractivity contribution >= 4 is 210 Å². The molecular weight excluding hydrogens is 2780 g/mol. The molecule has 0 aliphatic rings. The zero-order chi connectivity index (χ0) is 115. The molecule has 0 saturated carbocycles. The summed E-state index contributed by atoms with van der Waals surface area (Å²) in [5, 5.41) is 137. The van der Waals surface area contributed by atoms with Gasteiger partial charge in [0.25, 0.3) is 34.1 Å². The molecule has 9 rings (SSSR count). The molecule has 0 atom stereocenters. The van der Waals surface area contributed by atoms with Gasteiger partial charge in [-0.25, -0.2) is 0 Å². The van der Waals surface area contributed by atoms with Gasteiger partial charge in [-0.2, -0.15) is 0 Å². The first-order chi connectivity index (χ1) is 69.3. The SMILES string of the molecule is CCC(C)(C)c1cc([N+](=O)[O-])cc(C=NC)c1O.CCN=Cc1cc(C)cc([Si](C)(C)C)c1O.CCN=Cc1cc([N+](=O)[O-])cc(C(C)(C)CC)c1O.CCN=Cc1cc([N+](=O)[O-])cc(C(C)(C)c2ccccc2)c1O.CCN=Cc1cc([N+](=O)[O-])cc(C)c1O.CN=Cc1cc([N+](=O)[O-])cc(C(C)(C)c2ccccc2)c1O.CN=Cc1cc([N+](=O)[O-])cc(C)c1O.[Cl][Zr][Cl].[Cl][Zr][Cl].[Cl][Zr][Cl].[Cl][Zr][Cl].[Cl][Zr][Cl].[Cl][Zr][Cl].[Cl][Zr][Cl]. The first-order valence-corrected chi connectivity index (χ1v) is 91.1. The van der Waals surface area contributed by atoms with Crippen molar-refractivity contribution in [1.29, 1.82) is 0 Å². The summed E-state index contributed by atoms with van der Waals surface area (Å²) in [5.74, 6) is 0.681. The van der Waals surface area contributed by atoms with Crippen LogP contribution in [0.3, 0.4) is 0 Å². The summed E-state index contributed by atoms with van der Waals surface area (Å²) in [7, 11) is 72.2. The Balaban J connectivity index is -0.000000522. The number of aliphatic imine (C=N–C) groups is 7. The number of nitro groups is 6. The molecule has 32 nitrogen and oxygen atoms in total. The Hall–Kier alpha value is -3.87. The Morgan fingerprint density at radius 1 is 0.297 bits per heavy atom. The maximum absolute atomic E-state index is 11.2. The van der Waals surface area contributed by atoms with E-state index in [1.807, 2.05) is 164 Å². The van der Waals surface area contributed by atoms with Crippen molar-refractivity contribution in [3.8, 4) is 40.2 Å². The number of nitro benzene ring substituents is 6. The van der Waals surface area contributed by atoms with Crippen LogP contribution in [0.5, 0.6) is 40.2 Å². The van der Waals surface area contributed by atoms with Crippen LogP contribution in [-0.4, -0.2) is 164 Å². The minimum atomic E-state index is -1.49. The van der Waals surface area contributed by atoms with E-state index in [4.69, 9.17) is 119 Å². The second kappa shape index (κ2) is 84.4. The van der Waals surface area contributed by atoms with E-state index in [9.17, 15) is 96.4 Å². The molecule has 804 valence electrons. The average molecular weight is 2900 g/mol. The molecule has 0 heterocycles. The Morgan fingerprint density at radius 3 is 0.703 bits per heavy atom. The number of halogens is 14. The Labute approximate surface area is 997 Å². The number of non-ortho nitro benzene ring substituents is 6. The van der Waals surface area contributed by atoms with Gasteiger partial charge in [-0.1, -0.05) is 161 Å².